The van der Waals surface area contributed by atoms with Gasteiger partial charge in [-0.1, -0.05) is 11.6 Å². The molecule has 1 N–H and O–H groups in total. The van der Waals surface area contributed by atoms with E-state index in [-0.39, 0.29) is 17.0 Å². The van der Waals surface area contributed by atoms with Crippen LogP contribution in [-0.2, 0) is 16.3 Å². The van der Waals surface area contributed by atoms with Gasteiger partial charge in [0, 0.05) is 6.42 Å². The van der Waals surface area contributed by atoms with Gasteiger partial charge in [0.15, 0.2) is 15.7 Å². The summed E-state index contributed by atoms with van der Waals surface area (Å²) in [5, 5.41) is 6.51. The van der Waals surface area contributed by atoms with Crippen molar-refractivity contribution in [2.45, 2.75) is 43.9 Å². The lowest BCUT2D eigenvalue weighted by molar-refractivity contribution is 0.343. The van der Waals surface area contributed by atoms with Gasteiger partial charge in [-0.3, -0.25) is 0 Å². The highest BCUT2D eigenvalue weighted by Gasteiger charge is 2.30. The number of aromatic nitrogens is 2. The van der Waals surface area contributed by atoms with E-state index in [0.29, 0.717) is 24.6 Å². The molecule has 0 radical (unpaired) electrons. The van der Waals surface area contributed by atoms with Gasteiger partial charge in [-0.2, -0.15) is 4.98 Å². The van der Waals surface area contributed by atoms with Gasteiger partial charge in [-0.05, 0) is 26.8 Å². The molecule has 2 rings (SSSR count). The molecule has 0 aromatic carbocycles. The van der Waals surface area contributed by atoms with E-state index in [2.05, 4.69) is 15.5 Å². The molecular formula is C11H19N3O3S. The lowest BCUT2D eigenvalue weighted by atomic mass is 10.1. The maximum Gasteiger partial charge on any atom is 0.243 e. The molecule has 102 valence electrons. The maximum absolute atomic E-state index is 11.9. The third kappa shape index (κ3) is 2.89. The molecule has 1 aliphatic heterocycles. The number of hydrogen-bond donors (Lipinski definition) is 1. The molecule has 2 heterocycles. The maximum atomic E-state index is 11.9. The number of hydrogen-bond acceptors (Lipinski definition) is 6. The van der Waals surface area contributed by atoms with E-state index < -0.39 is 9.84 Å². The Morgan fingerprint density at radius 2 is 2.28 bits per heavy atom. The van der Waals surface area contributed by atoms with Crippen molar-refractivity contribution in [3.63, 3.8) is 0 Å². The van der Waals surface area contributed by atoms with Crippen molar-refractivity contribution in [1.29, 1.82) is 0 Å². The van der Waals surface area contributed by atoms with Crippen LogP contribution in [0, 0.1) is 0 Å². The summed E-state index contributed by atoms with van der Waals surface area (Å²) in [4.78, 5) is 4.24. The molecule has 2 atom stereocenters. The van der Waals surface area contributed by atoms with Gasteiger partial charge in [0.25, 0.3) is 0 Å². The molecule has 1 aromatic heterocycles. The number of nitrogens with one attached hydrogen (secondary N) is 1. The van der Waals surface area contributed by atoms with Crippen molar-refractivity contribution in [1.82, 2.24) is 15.5 Å². The summed E-state index contributed by atoms with van der Waals surface area (Å²) in [7, 11) is -1.17. The Kier molecular flexibility index (Phi) is 4.01. The monoisotopic (exact) mass is 273 g/mol. The standard InChI is InChI=1S/C11H19N3O3S/c1-8(12-2)11-13-10(14-17-11)7-9-5-3-4-6-18(9,15)16/h8-9,12H,3-7H2,1-2H3. The second-order valence-corrected chi connectivity index (χ2v) is 7.15. The first kappa shape index (κ1) is 13.5. The van der Waals surface area contributed by atoms with Crippen LogP contribution in [0.5, 0.6) is 0 Å². The van der Waals surface area contributed by atoms with Crippen molar-refractivity contribution >= 4 is 9.84 Å². The molecule has 6 nitrogen and oxygen atoms in total. The van der Waals surface area contributed by atoms with Crippen LogP contribution in [0.25, 0.3) is 0 Å². The molecule has 0 bridgehead atoms. The first-order valence-electron chi connectivity index (χ1n) is 6.24. The number of nitrogens with zero attached hydrogens (tertiary/aromatic N) is 2. The SMILES string of the molecule is CNC(C)c1nc(CC2CCCCS2(=O)=O)no1. The van der Waals surface area contributed by atoms with E-state index >= 15 is 0 Å². The second kappa shape index (κ2) is 5.36. The van der Waals surface area contributed by atoms with E-state index in [4.69, 9.17) is 4.52 Å². The highest BCUT2D eigenvalue weighted by atomic mass is 32.2. The predicted octanol–water partition coefficient (Wildman–Crippen LogP) is 0.860. The summed E-state index contributed by atoms with van der Waals surface area (Å²) in [6, 6.07) is -0.0192. The highest BCUT2D eigenvalue weighted by molar-refractivity contribution is 7.92. The van der Waals surface area contributed by atoms with Crippen molar-refractivity contribution in [2.24, 2.45) is 0 Å². The molecule has 7 heteroatoms. The minimum Gasteiger partial charge on any atom is -0.338 e. The zero-order valence-electron chi connectivity index (χ0n) is 10.7. The Labute approximate surface area is 107 Å². The highest BCUT2D eigenvalue weighted by Crippen LogP contribution is 2.22. The Morgan fingerprint density at radius 1 is 1.50 bits per heavy atom. The van der Waals surface area contributed by atoms with Gasteiger partial charge in [-0.15, -0.1) is 0 Å². The summed E-state index contributed by atoms with van der Waals surface area (Å²) >= 11 is 0. The van der Waals surface area contributed by atoms with Crippen molar-refractivity contribution < 1.29 is 12.9 Å². The minimum atomic E-state index is -2.98. The Hall–Kier alpha value is -0.950. The lowest BCUT2D eigenvalue weighted by Gasteiger charge is -2.20. The fourth-order valence-electron chi connectivity index (χ4n) is 2.10. The lowest BCUT2D eigenvalue weighted by Crippen LogP contribution is -2.30. The molecule has 0 aliphatic carbocycles. The van der Waals surface area contributed by atoms with Crippen LogP contribution >= 0.6 is 0 Å². The van der Waals surface area contributed by atoms with Crippen LogP contribution in [0.15, 0.2) is 4.52 Å². The van der Waals surface area contributed by atoms with Crippen LogP contribution in [0.1, 0.15) is 43.9 Å². The zero-order chi connectivity index (χ0) is 13.2. The first-order valence-corrected chi connectivity index (χ1v) is 7.96. The molecule has 1 aromatic rings. The molecule has 2 unspecified atom stereocenters. The molecule has 0 spiro atoms. The molecular weight excluding hydrogens is 254 g/mol. The van der Waals surface area contributed by atoms with Gasteiger partial charge in [0.05, 0.1) is 17.0 Å². The van der Waals surface area contributed by atoms with Gasteiger partial charge in [0.1, 0.15) is 0 Å². The summed E-state index contributed by atoms with van der Waals surface area (Å²) < 4.78 is 28.9. The normalized spacial score (nSPS) is 24.9. The Balaban J connectivity index is 2.07. The molecule has 18 heavy (non-hydrogen) atoms. The van der Waals surface area contributed by atoms with Gasteiger partial charge < -0.3 is 9.84 Å². The average Bonchev–Trinajstić information content (AvgIpc) is 2.79. The third-order valence-corrected chi connectivity index (χ3v) is 5.69. The van der Waals surface area contributed by atoms with E-state index in [0.717, 1.165) is 12.8 Å². The summed E-state index contributed by atoms with van der Waals surface area (Å²) in [5.74, 6) is 1.28. The molecule has 1 aliphatic rings. The molecule has 1 fully saturated rings. The number of rotatable bonds is 4. The fraction of sp³-hybridized carbons (Fsp3) is 0.818. The minimum absolute atomic E-state index is 0.0192. The Morgan fingerprint density at radius 3 is 2.94 bits per heavy atom. The van der Waals surface area contributed by atoms with E-state index in [9.17, 15) is 8.42 Å². The van der Waals surface area contributed by atoms with Crippen LogP contribution in [0.3, 0.4) is 0 Å². The molecule has 0 amide bonds. The smallest absolute Gasteiger partial charge is 0.243 e. The fourth-order valence-corrected chi connectivity index (χ4v) is 3.97. The van der Waals surface area contributed by atoms with E-state index in [1.165, 1.54) is 0 Å². The summed E-state index contributed by atoms with van der Waals surface area (Å²) in [6.45, 7) is 1.91. The second-order valence-electron chi connectivity index (χ2n) is 4.75. The van der Waals surface area contributed by atoms with Crippen molar-refractivity contribution in [3.8, 4) is 0 Å². The average molecular weight is 273 g/mol. The van der Waals surface area contributed by atoms with Gasteiger partial charge in [-0.25, -0.2) is 8.42 Å². The predicted molar refractivity (Wildman–Crippen MR) is 66.9 cm³/mol. The topological polar surface area (TPSA) is 85.1 Å². The van der Waals surface area contributed by atoms with Crippen LogP contribution in [-0.4, -0.2) is 36.6 Å². The Bertz CT molecular complexity index is 497. The summed E-state index contributed by atoms with van der Waals surface area (Å²) in [6.07, 6.45) is 2.80. The van der Waals surface area contributed by atoms with Crippen molar-refractivity contribution in [3.05, 3.63) is 11.7 Å². The van der Waals surface area contributed by atoms with Gasteiger partial charge >= 0.3 is 0 Å². The van der Waals surface area contributed by atoms with Crippen molar-refractivity contribution in [2.75, 3.05) is 12.8 Å². The van der Waals surface area contributed by atoms with Crippen LogP contribution < -0.4 is 5.32 Å². The summed E-state index contributed by atoms with van der Waals surface area (Å²) in [5.41, 5.74) is 0. The van der Waals surface area contributed by atoms with Gasteiger partial charge in [0.2, 0.25) is 5.89 Å². The first-order chi connectivity index (χ1) is 8.53. The zero-order valence-corrected chi connectivity index (χ0v) is 11.5. The quantitative estimate of drug-likeness (QED) is 0.875. The molecule has 1 saturated heterocycles. The van der Waals surface area contributed by atoms with E-state index in [1.54, 1.807) is 7.05 Å². The van der Waals surface area contributed by atoms with Crippen LogP contribution in [0.2, 0.25) is 0 Å². The largest absolute Gasteiger partial charge is 0.338 e. The molecule has 0 saturated carbocycles. The number of sulfone groups is 1. The van der Waals surface area contributed by atoms with E-state index in [1.807, 2.05) is 6.92 Å². The van der Waals surface area contributed by atoms with Crippen LogP contribution in [0.4, 0.5) is 0 Å². The third-order valence-electron chi connectivity index (χ3n) is 3.41.